The first-order valence-electron chi connectivity index (χ1n) is 4.81. The molecule has 0 aliphatic rings. The maximum atomic E-state index is 10.0. The molecule has 0 N–H and O–H groups in total. The molecule has 0 saturated heterocycles. The normalized spacial score (nSPS) is 13.5. The van der Waals surface area contributed by atoms with Gasteiger partial charge in [-0.2, -0.15) is 0 Å². The van der Waals surface area contributed by atoms with Gasteiger partial charge in [-0.3, -0.25) is 4.79 Å². The van der Waals surface area contributed by atoms with E-state index < -0.39 is 0 Å². The summed E-state index contributed by atoms with van der Waals surface area (Å²) in [5.41, 5.74) is 0. The first-order valence-corrected chi connectivity index (χ1v) is 4.81. The van der Waals surface area contributed by atoms with Crippen molar-refractivity contribution in [3.63, 3.8) is 0 Å². The number of hydrogen-bond acceptors (Lipinski definition) is 1. The Morgan fingerprint density at radius 1 is 1.33 bits per heavy atom. The molecule has 0 aromatic carbocycles. The van der Waals surface area contributed by atoms with Crippen LogP contribution in [0.2, 0.25) is 0 Å². The van der Waals surface area contributed by atoms with Gasteiger partial charge in [-0.1, -0.05) is 32.4 Å². The van der Waals surface area contributed by atoms with Crippen LogP contribution >= 0.6 is 0 Å². The lowest BCUT2D eigenvalue weighted by Gasteiger charge is -2.02. The van der Waals surface area contributed by atoms with Crippen LogP contribution in [0.3, 0.4) is 0 Å². The van der Waals surface area contributed by atoms with Crippen LogP contribution in [-0.2, 0) is 4.79 Å². The largest absolute Gasteiger partial charge is 0.291 e. The lowest BCUT2D eigenvalue weighted by molar-refractivity contribution is 0.507. The van der Waals surface area contributed by atoms with Crippen molar-refractivity contribution in [2.75, 3.05) is 0 Å². The van der Waals surface area contributed by atoms with Crippen LogP contribution in [0.5, 0.6) is 0 Å². The van der Waals surface area contributed by atoms with E-state index in [0.717, 1.165) is 12.8 Å². The highest BCUT2D eigenvalue weighted by Crippen LogP contribution is 2.08. The molecule has 1 heteroatoms. The molecule has 0 aromatic rings. The Morgan fingerprint density at radius 3 is 2.58 bits per heavy atom. The van der Waals surface area contributed by atoms with Gasteiger partial charge in [-0.05, 0) is 25.2 Å². The van der Waals surface area contributed by atoms with Crippen molar-refractivity contribution in [3.8, 4) is 0 Å². The zero-order valence-electron chi connectivity index (χ0n) is 8.18. The second kappa shape index (κ2) is 8.51. The fourth-order valence-corrected chi connectivity index (χ4v) is 1.03. The molecule has 0 aromatic heterocycles. The number of allylic oxidation sites excluding steroid dienone is 2. The third-order valence-electron chi connectivity index (χ3n) is 1.88. The minimum atomic E-state index is 0.494. The smallest absolute Gasteiger partial charge is 0.198 e. The van der Waals surface area contributed by atoms with Crippen molar-refractivity contribution in [2.45, 2.75) is 46.0 Å². The van der Waals surface area contributed by atoms with Gasteiger partial charge in [0.05, 0.1) is 0 Å². The Balaban J connectivity index is 3.23. The summed E-state index contributed by atoms with van der Waals surface area (Å²) >= 11 is 0. The molecule has 69 valence electrons. The van der Waals surface area contributed by atoms with Crippen LogP contribution in [0.1, 0.15) is 46.0 Å². The Kier molecular flexibility index (Phi) is 8.09. The van der Waals surface area contributed by atoms with Crippen LogP contribution in [-0.4, -0.2) is 6.29 Å². The van der Waals surface area contributed by atoms with Crippen LogP contribution in [0.15, 0.2) is 12.2 Å². The van der Waals surface area contributed by atoms with Crippen LogP contribution in [0, 0.1) is 5.92 Å². The van der Waals surface area contributed by atoms with Crippen molar-refractivity contribution in [1.82, 2.24) is 0 Å². The second-order valence-corrected chi connectivity index (χ2v) is 3.29. The molecule has 0 spiro atoms. The molecule has 12 heavy (non-hydrogen) atoms. The summed E-state index contributed by atoms with van der Waals surface area (Å²) < 4.78 is 0. The van der Waals surface area contributed by atoms with Gasteiger partial charge in [0.15, 0.2) is 6.29 Å². The lowest BCUT2D eigenvalue weighted by atomic mass is 10.0. The van der Waals surface area contributed by atoms with Crippen molar-refractivity contribution < 1.29 is 4.79 Å². The molecule has 0 bridgehead atoms. The minimum Gasteiger partial charge on any atom is -0.291 e. The third-order valence-corrected chi connectivity index (χ3v) is 1.88. The fraction of sp³-hybridized carbons (Fsp3) is 0.727. The minimum absolute atomic E-state index is 0.494. The molecule has 0 amide bonds. The number of unbranched alkanes of at least 4 members (excludes halogenated alkanes) is 1. The maximum Gasteiger partial charge on any atom is 0.198 e. The van der Waals surface area contributed by atoms with Gasteiger partial charge in [0.2, 0.25) is 0 Å². The van der Waals surface area contributed by atoms with Crippen molar-refractivity contribution in [2.24, 2.45) is 5.92 Å². The zero-order chi connectivity index (χ0) is 9.23. The van der Waals surface area contributed by atoms with Gasteiger partial charge in [0, 0.05) is 6.42 Å². The fourth-order valence-electron chi connectivity index (χ4n) is 1.03. The summed E-state index contributed by atoms with van der Waals surface area (Å²) in [5.74, 6) is 0.494. The Labute approximate surface area is 75.9 Å². The van der Waals surface area contributed by atoms with Crippen LogP contribution in [0.4, 0.5) is 0 Å². The molecular weight excluding hydrogens is 148 g/mol. The van der Waals surface area contributed by atoms with Gasteiger partial charge in [-0.15, -0.1) is 0 Å². The maximum absolute atomic E-state index is 10.0. The topological polar surface area (TPSA) is 17.1 Å². The lowest BCUT2D eigenvalue weighted by Crippen LogP contribution is -1.93. The molecule has 1 atom stereocenters. The number of carbonyl (C=O) groups excluding carboxylic acids is 1. The molecular formula is C11H19O. The molecule has 0 fully saturated rings. The summed E-state index contributed by atoms with van der Waals surface area (Å²) in [7, 11) is 0. The first kappa shape index (κ1) is 11.4. The molecule has 1 unspecified atom stereocenters. The first-order chi connectivity index (χ1) is 5.81. The average molecular weight is 167 g/mol. The highest BCUT2D eigenvalue weighted by Gasteiger charge is 1.98. The molecule has 1 radical (unpaired) electrons. The van der Waals surface area contributed by atoms with Crippen LogP contribution < -0.4 is 0 Å². The van der Waals surface area contributed by atoms with E-state index in [1.165, 1.54) is 12.8 Å². The van der Waals surface area contributed by atoms with Crippen molar-refractivity contribution >= 4 is 6.29 Å². The van der Waals surface area contributed by atoms with Gasteiger partial charge in [-0.25, -0.2) is 0 Å². The van der Waals surface area contributed by atoms with Gasteiger partial charge in [0.1, 0.15) is 0 Å². The predicted octanol–water partition coefficient (Wildman–Crippen LogP) is 3.26. The molecule has 0 aliphatic heterocycles. The van der Waals surface area contributed by atoms with E-state index in [1.54, 1.807) is 0 Å². The molecule has 0 aliphatic carbocycles. The highest BCUT2D eigenvalue weighted by molar-refractivity contribution is 5.50. The van der Waals surface area contributed by atoms with E-state index in [2.05, 4.69) is 26.0 Å². The summed E-state index contributed by atoms with van der Waals surface area (Å²) in [6, 6.07) is 0. The SMILES string of the molecule is CCC/C=C/CCC(C)C[C]=O. The van der Waals surface area contributed by atoms with Gasteiger partial charge < -0.3 is 0 Å². The predicted molar refractivity (Wildman–Crippen MR) is 52.8 cm³/mol. The van der Waals surface area contributed by atoms with Crippen molar-refractivity contribution in [1.29, 1.82) is 0 Å². The molecule has 1 nitrogen and oxygen atoms in total. The third kappa shape index (κ3) is 7.52. The van der Waals surface area contributed by atoms with Gasteiger partial charge >= 0.3 is 0 Å². The summed E-state index contributed by atoms with van der Waals surface area (Å²) in [5, 5.41) is 0. The quantitative estimate of drug-likeness (QED) is 0.532. The standard InChI is InChI=1S/C11H19O/c1-3-4-5-6-7-8-11(2)9-10-12/h5-6,11H,3-4,7-9H2,1-2H3/b6-5+. The van der Waals surface area contributed by atoms with E-state index in [1.807, 2.05) is 6.29 Å². The van der Waals surface area contributed by atoms with E-state index in [9.17, 15) is 4.79 Å². The van der Waals surface area contributed by atoms with Gasteiger partial charge in [0.25, 0.3) is 0 Å². The Bertz CT molecular complexity index is 127. The highest BCUT2D eigenvalue weighted by atomic mass is 16.1. The van der Waals surface area contributed by atoms with E-state index in [-0.39, 0.29) is 0 Å². The number of rotatable bonds is 7. The molecule has 0 saturated carbocycles. The zero-order valence-corrected chi connectivity index (χ0v) is 8.18. The molecule has 0 heterocycles. The van der Waals surface area contributed by atoms with E-state index in [4.69, 9.17) is 0 Å². The summed E-state index contributed by atoms with van der Waals surface area (Å²) in [4.78, 5) is 10.0. The summed E-state index contributed by atoms with van der Waals surface area (Å²) in [6.45, 7) is 4.27. The Morgan fingerprint density at radius 2 is 2.00 bits per heavy atom. The van der Waals surface area contributed by atoms with Crippen molar-refractivity contribution in [3.05, 3.63) is 12.2 Å². The van der Waals surface area contributed by atoms with E-state index >= 15 is 0 Å². The number of hydrogen-bond donors (Lipinski definition) is 0. The molecule has 0 rings (SSSR count). The monoisotopic (exact) mass is 167 g/mol. The summed E-state index contributed by atoms with van der Waals surface area (Å²) in [6.07, 6.45) is 11.6. The average Bonchev–Trinajstić information content (AvgIpc) is 2.05. The second-order valence-electron chi connectivity index (χ2n) is 3.29. The van der Waals surface area contributed by atoms with Crippen LogP contribution in [0.25, 0.3) is 0 Å². The Hall–Kier alpha value is -0.590. The van der Waals surface area contributed by atoms with E-state index in [0.29, 0.717) is 12.3 Å².